The lowest BCUT2D eigenvalue weighted by Crippen LogP contribution is -2.11. The van der Waals surface area contributed by atoms with Gasteiger partial charge in [-0.15, -0.1) is 0 Å². The first kappa shape index (κ1) is 13.2. The molecule has 1 atom stereocenters. The van der Waals surface area contributed by atoms with Gasteiger partial charge in [-0.25, -0.2) is 0 Å². The third-order valence-corrected chi connectivity index (χ3v) is 3.62. The molecule has 0 fully saturated rings. The predicted molar refractivity (Wildman–Crippen MR) is 73.3 cm³/mol. The third-order valence-electron chi connectivity index (χ3n) is 3.01. The average Bonchev–Trinajstić information content (AvgIpc) is 2.79. The van der Waals surface area contributed by atoms with E-state index in [-0.39, 0.29) is 0 Å². The lowest BCUT2D eigenvalue weighted by molar-refractivity contribution is 0.206. The number of halogens is 1. The summed E-state index contributed by atoms with van der Waals surface area (Å²) < 4.78 is 2.63. The first-order valence-corrected chi connectivity index (χ1v) is 6.80. The Bertz CT molecular complexity index is 539. The first-order valence-electron chi connectivity index (χ1n) is 6.01. The molecule has 1 N–H and O–H groups in total. The largest absolute Gasteiger partial charge is 0.382 e. The molecule has 0 radical (unpaired) electrons. The van der Waals surface area contributed by atoms with E-state index in [0.717, 1.165) is 34.3 Å². The molecule has 1 unspecified atom stereocenters. The normalized spacial score (nSPS) is 12.7. The molecule has 4 nitrogen and oxygen atoms in total. The van der Waals surface area contributed by atoms with Crippen molar-refractivity contribution in [2.75, 3.05) is 0 Å². The highest BCUT2D eigenvalue weighted by molar-refractivity contribution is 9.10. The maximum Gasteiger partial charge on any atom is 0.122 e. The summed E-state index contributed by atoms with van der Waals surface area (Å²) in [5, 5.41) is 14.8. The second-order valence-corrected chi connectivity index (χ2v) is 4.88. The van der Waals surface area contributed by atoms with Crippen molar-refractivity contribution in [1.82, 2.24) is 14.8 Å². The molecular formula is C13H16BrN3O. The van der Waals surface area contributed by atoms with Gasteiger partial charge in [-0.2, -0.15) is 5.10 Å². The van der Waals surface area contributed by atoms with Gasteiger partial charge in [0.1, 0.15) is 6.10 Å². The van der Waals surface area contributed by atoms with Crippen LogP contribution in [0.3, 0.4) is 0 Å². The maximum atomic E-state index is 10.6. The lowest BCUT2D eigenvalue weighted by atomic mass is 10.0. The zero-order valence-electron chi connectivity index (χ0n) is 10.5. The molecule has 0 saturated carbocycles. The van der Waals surface area contributed by atoms with Crippen LogP contribution in [-0.4, -0.2) is 19.9 Å². The van der Waals surface area contributed by atoms with E-state index in [4.69, 9.17) is 0 Å². The minimum Gasteiger partial charge on any atom is -0.382 e. The fourth-order valence-corrected chi connectivity index (χ4v) is 2.56. The first-order chi connectivity index (χ1) is 8.69. The summed E-state index contributed by atoms with van der Waals surface area (Å²) in [6.45, 7) is 4.78. The SMILES string of the molecule is CCc1cnccc1C(O)c1c(Br)cnn1CC. The summed E-state index contributed by atoms with van der Waals surface area (Å²) in [7, 11) is 0. The van der Waals surface area contributed by atoms with Crippen LogP contribution in [0, 0.1) is 0 Å². The van der Waals surface area contributed by atoms with Crippen molar-refractivity contribution >= 4 is 15.9 Å². The minimum absolute atomic E-state index is 0.681. The number of hydrogen-bond donors (Lipinski definition) is 1. The van der Waals surface area contributed by atoms with Gasteiger partial charge >= 0.3 is 0 Å². The molecule has 0 amide bonds. The van der Waals surface area contributed by atoms with Crippen LogP contribution in [0.15, 0.2) is 29.1 Å². The molecule has 5 heteroatoms. The number of nitrogens with zero attached hydrogens (tertiary/aromatic N) is 3. The topological polar surface area (TPSA) is 50.9 Å². The molecule has 2 heterocycles. The molecule has 0 spiro atoms. The molecule has 0 aromatic carbocycles. The Morgan fingerprint density at radius 2 is 2.17 bits per heavy atom. The zero-order chi connectivity index (χ0) is 13.1. The molecule has 96 valence electrons. The highest BCUT2D eigenvalue weighted by Crippen LogP contribution is 2.30. The third kappa shape index (κ3) is 2.33. The highest BCUT2D eigenvalue weighted by Gasteiger charge is 2.20. The Hall–Kier alpha value is -1.20. The number of aromatic nitrogens is 3. The van der Waals surface area contributed by atoms with Gasteiger partial charge < -0.3 is 5.11 Å². The van der Waals surface area contributed by atoms with Gasteiger partial charge in [0.15, 0.2) is 0 Å². The molecular weight excluding hydrogens is 294 g/mol. The molecule has 0 aliphatic carbocycles. The van der Waals surface area contributed by atoms with Crippen LogP contribution < -0.4 is 0 Å². The van der Waals surface area contributed by atoms with Crippen molar-refractivity contribution < 1.29 is 5.11 Å². The van der Waals surface area contributed by atoms with Gasteiger partial charge in [-0.3, -0.25) is 9.67 Å². The standard InChI is InChI=1S/C13H16BrN3O/c1-3-9-7-15-6-5-10(9)13(18)12-11(14)8-16-17(12)4-2/h5-8,13,18H,3-4H2,1-2H3. The van der Waals surface area contributed by atoms with E-state index in [1.807, 2.05) is 13.0 Å². The quantitative estimate of drug-likeness (QED) is 0.944. The Morgan fingerprint density at radius 3 is 2.83 bits per heavy atom. The van der Waals surface area contributed by atoms with Crippen LogP contribution >= 0.6 is 15.9 Å². The summed E-state index contributed by atoms with van der Waals surface area (Å²) in [5.41, 5.74) is 2.74. The van der Waals surface area contributed by atoms with Crippen LogP contribution in [0.1, 0.15) is 36.8 Å². The van der Waals surface area contributed by atoms with Crippen LogP contribution in [0.25, 0.3) is 0 Å². The second kappa shape index (κ2) is 5.63. The molecule has 2 rings (SSSR count). The van der Waals surface area contributed by atoms with Crippen molar-refractivity contribution in [1.29, 1.82) is 0 Å². The predicted octanol–water partition coefficient (Wildman–Crippen LogP) is 2.70. The fourth-order valence-electron chi connectivity index (χ4n) is 2.04. The van der Waals surface area contributed by atoms with E-state index in [0.29, 0.717) is 0 Å². The van der Waals surface area contributed by atoms with Gasteiger partial charge in [-0.05, 0) is 46.5 Å². The summed E-state index contributed by atoms with van der Waals surface area (Å²) in [4.78, 5) is 4.10. The molecule has 2 aromatic rings. The summed E-state index contributed by atoms with van der Waals surface area (Å²) in [6, 6.07) is 1.86. The van der Waals surface area contributed by atoms with Crippen molar-refractivity contribution in [3.63, 3.8) is 0 Å². The zero-order valence-corrected chi connectivity index (χ0v) is 12.1. The number of pyridine rings is 1. The molecule has 0 bridgehead atoms. The van der Waals surface area contributed by atoms with Crippen molar-refractivity contribution in [3.8, 4) is 0 Å². The van der Waals surface area contributed by atoms with Gasteiger partial charge in [0.2, 0.25) is 0 Å². The Balaban J connectivity index is 2.47. The number of rotatable bonds is 4. The van der Waals surface area contributed by atoms with Crippen LogP contribution in [0.5, 0.6) is 0 Å². The van der Waals surface area contributed by atoms with Crippen molar-refractivity contribution in [2.24, 2.45) is 0 Å². The Labute approximate surface area is 115 Å². The summed E-state index contributed by atoms with van der Waals surface area (Å²) >= 11 is 3.44. The monoisotopic (exact) mass is 309 g/mol. The van der Waals surface area contributed by atoms with Crippen LogP contribution in [0.4, 0.5) is 0 Å². The average molecular weight is 310 g/mol. The molecule has 0 aliphatic heterocycles. The Morgan fingerprint density at radius 1 is 1.39 bits per heavy atom. The van der Waals surface area contributed by atoms with Gasteiger partial charge in [0, 0.05) is 18.9 Å². The number of aliphatic hydroxyl groups excluding tert-OH is 1. The summed E-state index contributed by atoms with van der Waals surface area (Å²) in [5.74, 6) is 0. The van der Waals surface area contributed by atoms with Gasteiger partial charge in [0.05, 0.1) is 16.4 Å². The Kier molecular flexibility index (Phi) is 4.14. The number of hydrogen-bond acceptors (Lipinski definition) is 3. The van der Waals surface area contributed by atoms with Gasteiger partial charge in [-0.1, -0.05) is 6.92 Å². The van der Waals surface area contributed by atoms with Crippen molar-refractivity contribution in [2.45, 2.75) is 32.9 Å². The van der Waals surface area contributed by atoms with Crippen LogP contribution in [-0.2, 0) is 13.0 Å². The number of aliphatic hydroxyl groups is 1. The minimum atomic E-state index is -0.681. The van der Waals surface area contributed by atoms with E-state index >= 15 is 0 Å². The highest BCUT2D eigenvalue weighted by atomic mass is 79.9. The fraction of sp³-hybridized carbons (Fsp3) is 0.385. The maximum absolute atomic E-state index is 10.6. The van der Waals surface area contributed by atoms with Crippen LogP contribution in [0.2, 0.25) is 0 Å². The smallest absolute Gasteiger partial charge is 0.122 e. The molecule has 18 heavy (non-hydrogen) atoms. The lowest BCUT2D eigenvalue weighted by Gasteiger charge is -2.16. The van der Waals surface area contributed by atoms with E-state index in [2.05, 4.69) is 32.9 Å². The summed E-state index contributed by atoms with van der Waals surface area (Å²) in [6.07, 6.45) is 5.39. The van der Waals surface area contributed by atoms with E-state index in [9.17, 15) is 5.11 Å². The molecule has 2 aromatic heterocycles. The van der Waals surface area contributed by atoms with E-state index in [1.54, 1.807) is 23.3 Å². The molecule has 0 aliphatic rings. The molecule has 0 saturated heterocycles. The van der Waals surface area contributed by atoms with E-state index < -0.39 is 6.10 Å². The van der Waals surface area contributed by atoms with Gasteiger partial charge in [0.25, 0.3) is 0 Å². The number of aryl methyl sites for hydroxylation is 2. The second-order valence-electron chi connectivity index (χ2n) is 4.02. The van der Waals surface area contributed by atoms with Crippen molar-refractivity contribution in [3.05, 3.63) is 46.0 Å². The van der Waals surface area contributed by atoms with E-state index in [1.165, 1.54) is 0 Å².